The molecule has 1 heterocycles. The molecule has 5 rings (SSSR count). The lowest BCUT2D eigenvalue weighted by Gasteiger charge is -2.10. The first-order chi connectivity index (χ1) is 17.7. The van der Waals surface area contributed by atoms with Gasteiger partial charge in [0.05, 0.1) is 23.0 Å². The first-order valence-electron chi connectivity index (χ1n) is 11.5. The highest BCUT2D eigenvalue weighted by molar-refractivity contribution is 9.12. The van der Waals surface area contributed by atoms with Crippen LogP contribution < -0.4 is 5.43 Å². The second-order valence-electron chi connectivity index (χ2n) is 8.15. The van der Waals surface area contributed by atoms with Crippen molar-refractivity contribution in [2.45, 2.75) is 0 Å². The maximum absolute atomic E-state index is 13.1. The van der Waals surface area contributed by atoms with Crippen LogP contribution in [0.25, 0.3) is 39.4 Å². The molecule has 5 heteroatoms. The van der Waals surface area contributed by atoms with Gasteiger partial charge >= 0.3 is 0 Å². The van der Waals surface area contributed by atoms with Crippen molar-refractivity contribution in [1.82, 2.24) is 10.4 Å². The van der Waals surface area contributed by atoms with Crippen molar-refractivity contribution in [2.24, 2.45) is 5.10 Å². The Balaban J connectivity index is 1.41. The van der Waals surface area contributed by atoms with Gasteiger partial charge < -0.3 is 0 Å². The average Bonchev–Trinajstić information content (AvgIpc) is 2.93. The van der Waals surface area contributed by atoms with E-state index in [1.165, 1.54) is 0 Å². The molecule has 1 amide bonds. The van der Waals surface area contributed by atoms with Crippen LogP contribution in [0.2, 0.25) is 0 Å². The zero-order chi connectivity index (χ0) is 24.7. The Bertz CT molecular complexity index is 1560. The number of halogens is 1. The summed E-state index contributed by atoms with van der Waals surface area (Å²) in [5, 5.41) is 4.91. The zero-order valence-electron chi connectivity index (χ0n) is 19.3. The van der Waals surface area contributed by atoms with Gasteiger partial charge in [0, 0.05) is 15.4 Å². The van der Waals surface area contributed by atoms with E-state index in [0.29, 0.717) is 5.56 Å². The van der Waals surface area contributed by atoms with Gasteiger partial charge in [-0.1, -0.05) is 103 Å². The summed E-state index contributed by atoms with van der Waals surface area (Å²) in [6.07, 6.45) is 3.49. The lowest BCUT2D eigenvalue weighted by atomic mass is 10.0. The molecule has 0 unspecified atom stereocenters. The quantitative estimate of drug-likeness (QED) is 0.180. The van der Waals surface area contributed by atoms with Crippen LogP contribution in [0.15, 0.2) is 125 Å². The van der Waals surface area contributed by atoms with Crippen LogP contribution >= 0.6 is 15.9 Å². The third kappa shape index (κ3) is 5.48. The number of allylic oxidation sites excluding steroid dienone is 1. The Morgan fingerprint density at radius 1 is 0.750 bits per heavy atom. The molecule has 5 aromatic rings. The van der Waals surface area contributed by atoms with Crippen LogP contribution in [-0.2, 0) is 0 Å². The van der Waals surface area contributed by atoms with E-state index in [2.05, 4.69) is 50.7 Å². The smallest absolute Gasteiger partial charge is 0.267 e. The van der Waals surface area contributed by atoms with Crippen LogP contribution in [-0.4, -0.2) is 17.1 Å². The van der Waals surface area contributed by atoms with Gasteiger partial charge in [0.1, 0.15) is 0 Å². The minimum absolute atomic E-state index is 0.299. The summed E-state index contributed by atoms with van der Waals surface area (Å²) in [6, 6.07) is 37.8. The molecule has 4 aromatic carbocycles. The molecule has 174 valence electrons. The van der Waals surface area contributed by atoms with Crippen molar-refractivity contribution in [2.75, 3.05) is 0 Å². The SMILES string of the molecule is O=C(NN=CC(Br)=Cc1ccccc1)c1cc(-c2ccc(-c3ccccc3)cc2)nc2ccccc12. The Morgan fingerprint density at radius 2 is 1.36 bits per heavy atom. The summed E-state index contributed by atoms with van der Waals surface area (Å²) in [6.45, 7) is 0. The highest BCUT2D eigenvalue weighted by Gasteiger charge is 2.14. The molecule has 0 bridgehead atoms. The number of nitrogens with one attached hydrogen (secondary N) is 1. The first kappa shape index (κ1) is 23.4. The molecular weight excluding hydrogens is 510 g/mol. The minimum Gasteiger partial charge on any atom is -0.267 e. The number of hydrogen-bond acceptors (Lipinski definition) is 3. The van der Waals surface area contributed by atoms with E-state index in [4.69, 9.17) is 4.98 Å². The first-order valence-corrected chi connectivity index (χ1v) is 12.3. The minimum atomic E-state index is -0.299. The monoisotopic (exact) mass is 531 g/mol. The second-order valence-corrected chi connectivity index (χ2v) is 9.07. The van der Waals surface area contributed by atoms with E-state index < -0.39 is 0 Å². The fourth-order valence-corrected chi connectivity index (χ4v) is 4.30. The van der Waals surface area contributed by atoms with Gasteiger partial charge in [-0.3, -0.25) is 4.79 Å². The van der Waals surface area contributed by atoms with E-state index in [0.717, 1.165) is 43.3 Å². The summed E-state index contributed by atoms with van der Waals surface area (Å²) in [4.78, 5) is 17.9. The van der Waals surface area contributed by atoms with Crippen LogP contribution in [0.1, 0.15) is 15.9 Å². The van der Waals surface area contributed by atoms with Crippen molar-refractivity contribution in [3.63, 3.8) is 0 Å². The number of carbonyl (C=O) groups excluding carboxylic acids is 1. The molecule has 0 saturated heterocycles. The Hall–Kier alpha value is -4.35. The number of aromatic nitrogens is 1. The predicted molar refractivity (Wildman–Crippen MR) is 152 cm³/mol. The maximum Gasteiger partial charge on any atom is 0.272 e. The van der Waals surface area contributed by atoms with Crippen LogP contribution in [0.5, 0.6) is 0 Å². The molecule has 1 N–H and O–H groups in total. The number of carbonyl (C=O) groups is 1. The van der Waals surface area contributed by atoms with Crippen molar-refractivity contribution in [3.8, 4) is 22.4 Å². The molecule has 0 radical (unpaired) electrons. The van der Waals surface area contributed by atoms with E-state index in [-0.39, 0.29) is 5.91 Å². The molecule has 0 fully saturated rings. The predicted octanol–water partition coefficient (Wildman–Crippen LogP) is 7.72. The van der Waals surface area contributed by atoms with E-state index in [1.54, 1.807) is 6.21 Å². The van der Waals surface area contributed by atoms with Gasteiger partial charge in [-0.05, 0) is 50.8 Å². The van der Waals surface area contributed by atoms with Gasteiger partial charge in [-0.25, -0.2) is 10.4 Å². The van der Waals surface area contributed by atoms with E-state index in [9.17, 15) is 4.79 Å². The van der Waals surface area contributed by atoms with Gasteiger partial charge in [-0.2, -0.15) is 5.10 Å². The average molecular weight is 532 g/mol. The standard InChI is InChI=1S/C31H22BrN3O/c32-26(19-22-9-3-1-4-10-22)21-33-35-31(36)28-20-30(34-29-14-8-7-13-27(28)29)25-17-15-24(16-18-25)23-11-5-2-6-12-23/h1-21H,(H,35,36). The molecule has 1 aromatic heterocycles. The highest BCUT2D eigenvalue weighted by atomic mass is 79.9. The normalized spacial score (nSPS) is 11.6. The molecule has 4 nitrogen and oxygen atoms in total. The topological polar surface area (TPSA) is 54.4 Å². The second kappa shape index (κ2) is 10.9. The van der Waals surface area contributed by atoms with E-state index in [1.807, 2.05) is 97.1 Å². The van der Waals surface area contributed by atoms with Crippen LogP contribution in [0, 0.1) is 0 Å². The summed E-state index contributed by atoms with van der Waals surface area (Å²) in [5.41, 5.74) is 8.90. The van der Waals surface area contributed by atoms with Gasteiger partial charge in [0.2, 0.25) is 0 Å². The largest absolute Gasteiger partial charge is 0.272 e. The number of amides is 1. The summed E-state index contributed by atoms with van der Waals surface area (Å²) in [5.74, 6) is -0.299. The Morgan fingerprint density at radius 3 is 2.11 bits per heavy atom. The molecular formula is C31H22BrN3O. The molecule has 0 aliphatic rings. The third-order valence-corrected chi connectivity index (χ3v) is 6.14. The van der Waals surface area contributed by atoms with Crippen molar-refractivity contribution < 1.29 is 4.79 Å². The van der Waals surface area contributed by atoms with Crippen molar-refractivity contribution >= 4 is 45.0 Å². The van der Waals surface area contributed by atoms with Crippen molar-refractivity contribution in [3.05, 3.63) is 131 Å². The number of benzene rings is 4. The lowest BCUT2D eigenvalue weighted by Crippen LogP contribution is -2.18. The zero-order valence-corrected chi connectivity index (χ0v) is 20.9. The molecule has 0 spiro atoms. The lowest BCUT2D eigenvalue weighted by molar-refractivity contribution is 0.0956. The summed E-state index contributed by atoms with van der Waals surface area (Å²) >= 11 is 3.48. The molecule has 0 atom stereocenters. The third-order valence-electron chi connectivity index (χ3n) is 5.71. The van der Waals surface area contributed by atoms with E-state index >= 15 is 0 Å². The number of para-hydroxylation sites is 1. The summed E-state index contributed by atoms with van der Waals surface area (Å²) < 4.78 is 0.743. The number of rotatable bonds is 6. The number of pyridine rings is 1. The summed E-state index contributed by atoms with van der Waals surface area (Å²) in [7, 11) is 0. The molecule has 0 aliphatic carbocycles. The Labute approximate surface area is 218 Å². The molecule has 0 saturated carbocycles. The fraction of sp³-hybridized carbons (Fsp3) is 0. The van der Waals surface area contributed by atoms with Crippen molar-refractivity contribution in [1.29, 1.82) is 0 Å². The maximum atomic E-state index is 13.1. The van der Waals surface area contributed by atoms with Gasteiger partial charge in [0.25, 0.3) is 5.91 Å². The van der Waals surface area contributed by atoms with Crippen LogP contribution in [0.3, 0.4) is 0 Å². The van der Waals surface area contributed by atoms with Crippen LogP contribution in [0.4, 0.5) is 0 Å². The number of nitrogens with zero attached hydrogens (tertiary/aromatic N) is 2. The molecule has 36 heavy (non-hydrogen) atoms. The highest BCUT2D eigenvalue weighted by Crippen LogP contribution is 2.27. The van der Waals surface area contributed by atoms with Gasteiger partial charge in [-0.15, -0.1) is 0 Å². The number of hydrazone groups is 1. The number of hydrogen-bond donors (Lipinski definition) is 1. The number of fused-ring (bicyclic) bond motifs is 1. The Kier molecular flexibility index (Phi) is 7.10. The van der Waals surface area contributed by atoms with Gasteiger partial charge in [0.15, 0.2) is 0 Å². The fourth-order valence-electron chi connectivity index (χ4n) is 3.93. The molecule has 0 aliphatic heterocycles.